The first-order chi connectivity index (χ1) is 10.2. The molecule has 3 rings (SSSR count). The van der Waals surface area contributed by atoms with Crippen molar-refractivity contribution in [1.82, 2.24) is 10.2 Å². The highest BCUT2D eigenvalue weighted by Gasteiger charge is 2.08. The van der Waals surface area contributed by atoms with E-state index in [1.165, 1.54) is 12.1 Å². The molecule has 21 heavy (non-hydrogen) atoms. The molecule has 3 aromatic rings. The van der Waals surface area contributed by atoms with Crippen LogP contribution in [-0.4, -0.2) is 10.2 Å². The molecule has 0 radical (unpaired) electrons. The van der Waals surface area contributed by atoms with Crippen LogP contribution in [0.1, 0.15) is 11.5 Å². The van der Waals surface area contributed by atoms with E-state index in [-0.39, 0.29) is 5.82 Å². The molecule has 0 spiro atoms. The number of halogens is 1. The molecule has 0 aliphatic heterocycles. The van der Waals surface area contributed by atoms with Crippen molar-refractivity contribution >= 4 is 5.69 Å². The summed E-state index contributed by atoms with van der Waals surface area (Å²) in [6.07, 6.45) is 0. The predicted molar refractivity (Wildman–Crippen MR) is 78.2 cm³/mol. The maximum absolute atomic E-state index is 12.9. The van der Waals surface area contributed by atoms with Crippen molar-refractivity contribution < 1.29 is 8.81 Å². The van der Waals surface area contributed by atoms with Gasteiger partial charge >= 0.3 is 0 Å². The highest BCUT2D eigenvalue weighted by atomic mass is 19.1. The second kappa shape index (κ2) is 5.75. The Kier molecular flexibility index (Phi) is 3.64. The van der Waals surface area contributed by atoms with Crippen LogP contribution in [-0.2, 0) is 6.54 Å². The van der Waals surface area contributed by atoms with E-state index in [1.807, 2.05) is 31.2 Å². The molecule has 4 nitrogen and oxygen atoms in total. The number of aromatic nitrogens is 2. The average molecular weight is 283 g/mol. The van der Waals surface area contributed by atoms with Crippen molar-refractivity contribution in [3.8, 4) is 11.5 Å². The molecular weight excluding hydrogens is 269 g/mol. The summed E-state index contributed by atoms with van der Waals surface area (Å²) in [5.41, 5.74) is 2.88. The van der Waals surface area contributed by atoms with Crippen LogP contribution < -0.4 is 5.32 Å². The molecule has 0 unspecified atom stereocenters. The first-order valence-electron chi connectivity index (χ1n) is 6.60. The van der Waals surface area contributed by atoms with Crippen LogP contribution in [0.5, 0.6) is 0 Å². The summed E-state index contributed by atoms with van der Waals surface area (Å²) in [6, 6.07) is 13.9. The molecular formula is C16H14FN3O. The zero-order valence-corrected chi connectivity index (χ0v) is 11.5. The Morgan fingerprint density at radius 1 is 1.05 bits per heavy atom. The standard InChI is InChI=1S/C16H14FN3O/c1-11-4-2-3-5-14(11)18-10-15-19-20-16(21-15)12-6-8-13(17)9-7-12/h2-9,18H,10H2,1H3. The molecule has 0 saturated carbocycles. The number of hydrogen-bond acceptors (Lipinski definition) is 4. The Labute approximate surface area is 121 Å². The smallest absolute Gasteiger partial charge is 0.247 e. The van der Waals surface area contributed by atoms with E-state index >= 15 is 0 Å². The van der Waals surface area contributed by atoms with Crippen molar-refractivity contribution in [1.29, 1.82) is 0 Å². The topological polar surface area (TPSA) is 51.0 Å². The fraction of sp³-hybridized carbons (Fsp3) is 0.125. The molecule has 106 valence electrons. The van der Waals surface area contributed by atoms with Crippen molar-refractivity contribution in [3.63, 3.8) is 0 Å². The van der Waals surface area contributed by atoms with E-state index in [4.69, 9.17) is 4.42 Å². The molecule has 0 saturated heterocycles. The summed E-state index contributed by atoms with van der Waals surface area (Å²) in [5.74, 6) is 0.578. The maximum atomic E-state index is 12.9. The predicted octanol–water partition coefficient (Wildman–Crippen LogP) is 3.80. The first-order valence-corrected chi connectivity index (χ1v) is 6.60. The van der Waals surface area contributed by atoms with Gasteiger partial charge in [-0.25, -0.2) is 4.39 Å². The summed E-state index contributed by atoms with van der Waals surface area (Å²) in [7, 11) is 0. The molecule has 0 fully saturated rings. The lowest BCUT2D eigenvalue weighted by Gasteiger charge is -2.06. The minimum absolute atomic E-state index is 0.292. The third-order valence-electron chi connectivity index (χ3n) is 3.13. The third-order valence-corrected chi connectivity index (χ3v) is 3.13. The first kappa shape index (κ1) is 13.3. The van der Waals surface area contributed by atoms with Crippen LogP contribution in [0.2, 0.25) is 0 Å². The molecule has 1 aromatic heterocycles. The van der Waals surface area contributed by atoms with Crippen molar-refractivity contribution in [3.05, 3.63) is 65.8 Å². The Bertz CT molecular complexity index is 737. The Balaban J connectivity index is 1.71. The van der Waals surface area contributed by atoms with E-state index in [9.17, 15) is 4.39 Å². The van der Waals surface area contributed by atoms with Gasteiger partial charge in [-0.15, -0.1) is 10.2 Å². The van der Waals surface area contributed by atoms with Crippen LogP contribution in [0.25, 0.3) is 11.5 Å². The number of para-hydroxylation sites is 1. The number of anilines is 1. The quantitative estimate of drug-likeness (QED) is 0.791. The fourth-order valence-electron chi connectivity index (χ4n) is 1.98. The van der Waals surface area contributed by atoms with Gasteiger partial charge in [0.15, 0.2) is 0 Å². The third kappa shape index (κ3) is 3.08. The average Bonchev–Trinajstić information content (AvgIpc) is 2.96. The lowest BCUT2D eigenvalue weighted by molar-refractivity contribution is 0.515. The van der Waals surface area contributed by atoms with Crippen LogP contribution in [0.4, 0.5) is 10.1 Å². The lowest BCUT2D eigenvalue weighted by atomic mass is 10.2. The van der Waals surface area contributed by atoms with Crippen molar-refractivity contribution in [2.75, 3.05) is 5.32 Å². The summed E-state index contributed by atoms with van der Waals surface area (Å²) >= 11 is 0. The van der Waals surface area contributed by atoms with Crippen molar-refractivity contribution in [2.45, 2.75) is 13.5 Å². The number of nitrogens with one attached hydrogen (secondary N) is 1. The molecule has 0 aliphatic carbocycles. The molecule has 2 aromatic carbocycles. The van der Waals surface area contributed by atoms with Gasteiger partial charge in [0.05, 0.1) is 6.54 Å². The molecule has 1 N–H and O–H groups in total. The van der Waals surface area contributed by atoms with E-state index < -0.39 is 0 Å². The molecule has 0 aliphatic rings. The van der Waals surface area contributed by atoms with Crippen LogP contribution in [0.15, 0.2) is 52.9 Å². The minimum Gasteiger partial charge on any atom is -0.419 e. The van der Waals surface area contributed by atoms with Gasteiger partial charge in [0.1, 0.15) is 5.82 Å². The number of aryl methyl sites for hydroxylation is 1. The SMILES string of the molecule is Cc1ccccc1NCc1nnc(-c2ccc(F)cc2)o1. The molecule has 0 amide bonds. The van der Waals surface area contributed by atoms with E-state index in [1.54, 1.807) is 12.1 Å². The van der Waals surface area contributed by atoms with E-state index in [0.717, 1.165) is 11.3 Å². The lowest BCUT2D eigenvalue weighted by Crippen LogP contribution is -2.00. The second-order valence-electron chi connectivity index (χ2n) is 4.68. The Morgan fingerprint density at radius 2 is 1.81 bits per heavy atom. The minimum atomic E-state index is -0.292. The highest BCUT2D eigenvalue weighted by molar-refractivity contribution is 5.52. The summed E-state index contributed by atoms with van der Waals surface area (Å²) in [6.45, 7) is 2.47. The van der Waals surface area contributed by atoms with Crippen LogP contribution in [0, 0.1) is 12.7 Å². The largest absolute Gasteiger partial charge is 0.419 e. The van der Waals surface area contributed by atoms with E-state index in [2.05, 4.69) is 15.5 Å². The van der Waals surface area contributed by atoms with Crippen molar-refractivity contribution in [2.24, 2.45) is 0 Å². The molecule has 1 heterocycles. The van der Waals surface area contributed by atoms with Gasteiger partial charge in [0.2, 0.25) is 11.8 Å². The monoisotopic (exact) mass is 283 g/mol. The summed E-state index contributed by atoms with van der Waals surface area (Å²) in [4.78, 5) is 0. The molecule has 0 bridgehead atoms. The number of rotatable bonds is 4. The van der Waals surface area contributed by atoms with Gasteiger partial charge < -0.3 is 9.73 Å². The van der Waals surface area contributed by atoms with Gasteiger partial charge in [-0.1, -0.05) is 18.2 Å². The van der Waals surface area contributed by atoms with E-state index in [0.29, 0.717) is 23.9 Å². The number of hydrogen-bond donors (Lipinski definition) is 1. The number of nitrogens with zero attached hydrogens (tertiary/aromatic N) is 2. The zero-order valence-electron chi connectivity index (χ0n) is 11.5. The normalized spacial score (nSPS) is 10.6. The van der Waals surface area contributed by atoms with Gasteiger partial charge in [0.25, 0.3) is 0 Å². The molecule has 5 heteroatoms. The highest BCUT2D eigenvalue weighted by Crippen LogP contribution is 2.19. The Morgan fingerprint density at radius 3 is 2.57 bits per heavy atom. The molecule has 0 atom stereocenters. The van der Waals surface area contributed by atoms with Gasteiger partial charge in [-0.05, 0) is 42.8 Å². The maximum Gasteiger partial charge on any atom is 0.247 e. The van der Waals surface area contributed by atoms with Gasteiger partial charge in [0, 0.05) is 11.3 Å². The summed E-state index contributed by atoms with van der Waals surface area (Å²) < 4.78 is 18.4. The van der Waals surface area contributed by atoms with Crippen LogP contribution >= 0.6 is 0 Å². The fourth-order valence-corrected chi connectivity index (χ4v) is 1.98. The zero-order chi connectivity index (χ0) is 14.7. The second-order valence-corrected chi connectivity index (χ2v) is 4.68. The number of benzene rings is 2. The van der Waals surface area contributed by atoms with Gasteiger partial charge in [-0.2, -0.15) is 0 Å². The summed E-state index contributed by atoms with van der Waals surface area (Å²) in [5, 5.41) is 11.2. The Hall–Kier alpha value is -2.69. The van der Waals surface area contributed by atoms with Crippen LogP contribution in [0.3, 0.4) is 0 Å². The van der Waals surface area contributed by atoms with Gasteiger partial charge in [-0.3, -0.25) is 0 Å².